The third-order valence-corrected chi connectivity index (χ3v) is 8.78. The summed E-state index contributed by atoms with van der Waals surface area (Å²) < 4.78 is 0. The van der Waals surface area contributed by atoms with E-state index in [2.05, 4.69) is 10.6 Å². The van der Waals surface area contributed by atoms with Crippen molar-refractivity contribution in [3.05, 3.63) is 56.7 Å². The third-order valence-electron chi connectivity index (χ3n) is 8.02. The highest BCUT2D eigenvalue weighted by atomic mass is 35.5. The molecule has 2 heterocycles. The fourth-order valence-electron chi connectivity index (χ4n) is 5.67. The molecule has 242 valence electrons. The van der Waals surface area contributed by atoms with Gasteiger partial charge in [-0.05, 0) is 36.8 Å². The molecule has 16 heteroatoms. The average Bonchev–Trinajstić information content (AvgIpc) is 3.21. The summed E-state index contributed by atoms with van der Waals surface area (Å²) in [6, 6.07) is 4.15. The number of benzene rings is 2. The van der Waals surface area contributed by atoms with E-state index in [0.29, 0.717) is 5.57 Å². The lowest BCUT2D eigenvalue weighted by Crippen LogP contribution is -2.63. The van der Waals surface area contributed by atoms with Crippen LogP contribution >= 0.6 is 23.2 Å². The van der Waals surface area contributed by atoms with Crippen LogP contribution in [0.3, 0.4) is 0 Å². The Morgan fingerprint density at radius 1 is 0.911 bits per heavy atom. The van der Waals surface area contributed by atoms with Gasteiger partial charge in [-0.3, -0.25) is 19.3 Å². The van der Waals surface area contributed by atoms with Crippen LogP contribution in [0.2, 0.25) is 10.0 Å². The molecule has 0 aromatic heterocycles. The second-order valence-corrected chi connectivity index (χ2v) is 11.6. The van der Waals surface area contributed by atoms with E-state index in [9.17, 15) is 49.8 Å². The monoisotopic (exact) mass is 666 g/mol. The number of halogens is 2. The number of nitrogens with one attached hydrogen (secondary N) is 2. The van der Waals surface area contributed by atoms with Gasteiger partial charge in [-0.15, -0.1) is 0 Å². The molecule has 14 nitrogen and oxygen atoms in total. The molecule has 1 saturated heterocycles. The number of phenols is 4. The molecular weight excluding hydrogens is 635 g/mol. The van der Waals surface area contributed by atoms with Crippen LogP contribution in [0, 0.1) is 11.8 Å². The SMILES string of the molecule is CC(O)[C@H]1C(=O)N2C(C(=O)O)=C(CN(CCNC(=O)c3ccc(O)c(O)c3Cl)CCNC(=O)c3ccc(O)c(O)c3Cl)[C@H](C)[C@H]12. The van der Waals surface area contributed by atoms with Crippen LogP contribution in [-0.4, -0.2) is 109 Å². The average molecular weight is 667 g/mol. The van der Waals surface area contributed by atoms with Gasteiger partial charge in [0.05, 0.1) is 39.2 Å². The van der Waals surface area contributed by atoms with E-state index in [1.54, 1.807) is 11.8 Å². The summed E-state index contributed by atoms with van der Waals surface area (Å²) in [6.07, 6.45) is -0.977. The predicted octanol–water partition coefficient (Wildman–Crippen LogP) is 1.47. The maximum atomic E-state index is 12.8. The van der Waals surface area contributed by atoms with E-state index in [1.807, 2.05) is 0 Å². The first kappa shape index (κ1) is 33.6. The van der Waals surface area contributed by atoms with Crippen molar-refractivity contribution in [1.29, 1.82) is 0 Å². The van der Waals surface area contributed by atoms with E-state index in [4.69, 9.17) is 23.2 Å². The number of β-lactam (4-membered cyclic amide) rings is 1. The molecule has 0 spiro atoms. The Kier molecular flexibility index (Phi) is 10.0. The molecule has 2 aliphatic rings. The van der Waals surface area contributed by atoms with Crippen LogP contribution in [0.1, 0.15) is 34.6 Å². The summed E-state index contributed by atoms with van der Waals surface area (Å²) in [4.78, 5) is 53.5. The van der Waals surface area contributed by atoms with Crippen molar-refractivity contribution >= 4 is 46.9 Å². The second-order valence-electron chi connectivity index (χ2n) is 10.8. The van der Waals surface area contributed by atoms with Crippen molar-refractivity contribution in [2.45, 2.75) is 26.0 Å². The van der Waals surface area contributed by atoms with Gasteiger partial charge < -0.3 is 46.2 Å². The van der Waals surface area contributed by atoms with Crippen molar-refractivity contribution < 1.29 is 49.8 Å². The number of aromatic hydroxyl groups is 4. The third kappa shape index (κ3) is 6.45. The Morgan fingerprint density at radius 3 is 1.80 bits per heavy atom. The Bertz CT molecular complexity index is 1510. The summed E-state index contributed by atoms with van der Waals surface area (Å²) in [5.41, 5.74) is 0.0733. The summed E-state index contributed by atoms with van der Waals surface area (Å²) in [6.45, 7) is 3.55. The van der Waals surface area contributed by atoms with Crippen molar-refractivity contribution in [1.82, 2.24) is 20.4 Å². The minimum atomic E-state index is -1.30. The van der Waals surface area contributed by atoms with Crippen LogP contribution in [0.15, 0.2) is 35.5 Å². The van der Waals surface area contributed by atoms with Gasteiger partial charge in [0.1, 0.15) is 5.70 Å². The molecule has 2 aromatic carbocycles. The number of fused-ring (bicyclic) bond motifs is 1. The van der Waals surface area contributed by atoms with Gasteiger partial charge in [-0.2, -0.15) is 0 Å². The van der Waals surface area contributed by atoms with Crippen LogP contribution in [0.5, 0.6) is 23.0 Å². The van der Waals surface area contributed by atoms with E-state index in [1.165, 1.54) is 24.0 Å². The van der Waals surface area contributed by atoms with Gasteiger partial charge >= 0.3 is 5.97 Å². The number of carbonyl (C=O) groups excluding carboxylic acids is 3. The highest BCUT2D eigenvalue weighted by molar-refractivity contribution is 6.36. The highest BCUT2D eigenvalue weighted by Gasteiger charge is 2.59. The molecule has 2 aromatic rings. The zero-order valence-electron chi connectivity index (χ0n) is 24.1. The second kappa shape index (κ2) is 13.4. The molecule has 8 N–H and O–H groups in total. The number of aliphatic carboxylic acids is 1. The maximum Gasteiger partial charge on any atom is 0.352 e. The molecule has 45 heavy (non-hydrogen) atoms. The fourth-order valence-corrected chi connectivity index (χ4v) is 6.16. The molecule has 4 atom stereocenters. The number of nitrogens with zero attached hydrogens (tertiary/aromatic N) is 2. The maximum absolute atomic E-state index is 12.8. The number of carboxylic acid groups (broad SMARTS) is 1. The van der Waals surface area contributed by atoms with Crippen LogP contribution < -0.4 is 10.6 Å². The number of phenolic OH excluding ortho intramolecular Hbond substituents is 4. The van der Waals surface area contributed by atoms with E-state index < -0.39 is 70.7 Å². The fraction of sp³-hybridized carbons (Fsp3) is 0.379. The van der Waals surface area contributed by atoms with Gasteiger partial charge in [0.2, 0.25) is 5.91 Å². The molecule has 2 aliphatic heterocycles. The summed E-state index contributed by atoms with van der Waals surface area (Å²) in [5.74, 6) is -6.56. The number of carboxylic acids is 1. The Hall–Kier alpha value is -4.24. The predicted molar refractivity (Wildman–Crippen MR) is 160 cm³/mol. The van der Waals surface area contributed by atoms with E-state index >= 15 is 0 Å². The topological polar surface area (TPSA) is 220 Å². The number of aliphatic hydroxyl groups excluding tert-OH is 1. The van der Waals surface area contributed by atoms with Crippen LogP contribution in [-0.2, 0) is 9.59 Å². The van der Waals surface area contributed by atoms with Crippen LogP contribution in [0.4, 0.5) is 0 Å². The lowest BCUT2D eigenvalue weighted by Gasteiger charge is -2.46. The quantitative estimate of drug-likeness (QED) is 0.120. The van der Waals surface area contributed by atoms with Crippen LogP contribution in [0.25, 0.3) is 0 Å². The van der Waals surface area contributed by atoms with Gasteiger partial charge in [0, 0.05) is 38.6 Å². The lowest BCUT2D eigenvalue weighted by atomic mass is 9.77. The summed E-state index contributed by atoms with van der Waals surface area (Å²) >= 11 is 12.0. The minimum absolute atomic E-state index is 0.00878. The lowest BCUT2D eigenvalue weighted by molar-refractivity contribution is -0.163. The van der Waals surface area contributed by atoms with Gasteiger partial charge in [-0.25, -0.2) is 4.79 Å². The first-order valence-electron chi connectivity index (χ1n) is 13.8. The molecule has 0 aliphatic carbocycles. The molecule has 0 bridgehead atoms. The van der Waals surface area contributed by atoms with Gasteiger partial charge in [0.25, 0.3) is 11.8 Å². The van der Waals surface area contributed by atoms with Crippen molar-refractivity contribution in [2.75, 3.05) is 32.7 Å². The molecule has 3 amide bonds. The largest absolute Gasteiger partial charge is 0.504 e. The summed E-state index contributed by atoms with van der Waals surface area (Å²) in [7, 11) is 0. The van der Waals surface area contributed by atoms with Crippen molar-refractivity contribution in [2.24, 2.45) is 11.8 Å². The first-order valence-corrected chi connectivity index (χ1v) is 14.6. The standard InChI is InChI=1S/C29H32Cl2N4O10/c1-12-16(23(29(44)45)35-22(12)19(13(2)36)28(35)43)11-34(9-7-32-26(41)14-3-5-17(37)24(39)20(14)30)10-8-33-27(42)15-4-6-18(38)25(40)21(15)31/h3-6,12-13,19,22,36-40H,7-11H2,1-2H3,(H,32,41)(H,33,42)(H,44,45)/t12-,13?,19+,22+/m0/s1. The number of aliphatic hydroxyl groups is 1. The van der Waals surface area contributed by atoms with E-state index in [0.717, 1.165) is 12.1 Å². The zero-order valence-corrected chi connectivity index (χ0v) is 25.6. The number of carbonyl (C=O) groups is 4. The molecule has 0 radical (unpaired) electrons. The molecule has 1 fully saturated rings. The Labute approximate surface area is 267 Å². The normalized spacial score (nSPS) is 19.7. The van der Waals surface area contributed by atoms with E-state index in [-0.39, 0.29) is 59.6 Å². The Morgan fingerprint density at radius 2 is 1.38 bits per heavy atom. The number of amides is 3. The first-order chi connectivity index (χ1) is 21.2. The van der Waals surface area contributed by atoms with Gasteiger partial charge in [-0.1, -0.05) is 30.1 Å². The number of hydrogen-bond acceptors (Lipinski definition) is 10. The van der Waals surface area contributed by atoms with Crippen molar-refractivity contribution in [3.63, 3.8) is 0 Å². The highest BCUT2D eigenvalue weighted by Crippen LogP contribution is 2.47. The zero-order chi connectivity index (χ0) is 33.3. The summed E-state index contributed by atoms with van der Waals surface area (Å²) in [5, 5.41) is 63.7. The molecule has 0 saturated carbocycles. The number of hydrogen-bond donors (Lipinski definition) is 8. The molecule has 1 unspecified atom stereocenters. The Balaban J connectivity index is 1.51. The van der Waals surface area contributed by atoms with Crippen molar-refractivity contribution in [3.8, 4) is 23.0 Å². The smallest absolute Gasteiger partial charge is 0.352 e. The molecular formula is C29H32Cl2N4O10. The molecule has 4 rings (SSSR count). The number of rotatable bonds is 12. The van der Waals surface area contributed by atoms with Gasteiger partial charge in [0.15, 0.2) is 23.0 Å². The minimum Gasteiger partial charge on any atom is -0.504 e.